The van der Waals surface area contributed by atoms with Crippen LogP contribution in [0, 0.1) is 0 Å². The summed E-state index contributed by atoms with van der Waals surface area (Å²) in [7, 11) is 0. The second-order valence-corrected chi connectivity index (χ2v) is 6.25. The maximum atomic E-state index is 12.8. The smallest absolute Gasteiger partial charge is 0.338 e. The van der Waals surface area contributed by atoms with Crippen LogP contribution in [0.5, 0.6) is 0 Å². The highest BCUT2D eigenvalue weighted by molar-refractivity contribution is 5.98. The Kier molecular flexibility index (Phi) is 5.36. The SMILES string of the molecule is O=C(O)c1coc(C(=O)NC(Cc2ccccc2)C(=O)N2CCCC2)c1. The summed E-state index contributed by atoms with van der Waals surface area (Å²) in [6, 6.07) is 9.84. The molecule has 7 nitrogen and oxygen atoms in total. The molecule has 2 amide bonds. The zero-order valence-corrected chi connectivity index (χ0v) is 14.2. The summed E-state index contributed by atoms with van der Waals surface area (Å²) >= 11 is 0. The van der Waals surface area contributed by atoms with Crippen LogP contribution >= 0.6 is 0 Å². The number of hydrogen-bond donors (Lipinski definition) is 2. The van der Waals surface area contributed by atoms with E-state index >= 15 is 0 Å². The Morgan fingerprint density at radius 1 is 1.15 bits per heavy atom. The molecule has 1 aromatic carbocycles. The van der Waals surface area contributed by atoms with E-state index in [0.717, 1.165) is 30.7 Å². The molecule has 1 saturated heterocycles. The van der Waals surface area contributed by atoms with Crippen LogP contribution in [0.15, 0.2) is 47.1 Å². The first-order valence-corrected chi connectivity index (χ1v) is 8.50. The number of nitrogens with one attached hydrogen (secondary N) is 1. The van der Waals surface area contributed by atoms with E-state index in [1.165, 1.54) is 0 Å². The Bertz CT molecular complexity index is 793. The number of hydrogen-bond acceptors (Lipinski definition) is 4. The molecule has 0 saturated carbocycles. The summed E-state index contributed by atoms with van der Waals surface area (Å²) in [5, 5.41) is 11.6. The third-order valence-electron chi connectivity index (χ3n) is 4.37. The second-order valence-electron chi connectivity index (χ2n) is 6.25. The predicted molar refractivity (Wildman–Crippen MR) is 92.9 cm³/mol. The Labute approximate surface area is 150 Å². The Morgan fingerprint density at radius 2 is 1.85 bits per heavy atom. The molecule has 0 radical (unpaired) electrons. The van der Waals surface area contributed by atoms with Gasteiger partial charge in [0.25, 0.3) is 5.91 Å². The Balaban J connectivity index is 1.76. The van der Waals surface area contributed by atoms with Gasteiger partial charge in [0.2, 0.25) is 5.91 Å². The number of carboxylic acid groups (broad SMARTS) is 1. The van der Waals surface area contributed by atoms with Gasteiger partial charge in [-0.3, -0.25) is 9.59 Å². The van der Waals surface area contributed by atoms with Crippen LogP contribution in [-0.2, 0) is 11.2 Å². The molecule has 0 spiro atoms. The van der Waals surface area contributed by atoms with Crippen LogP contribution < -0.4 is 5.32 Å². The number of aromatic carboxylic acids is 1. The van der Waals surface area contributed by atoms with Gasteiger partial charge in [0.05, 0.1) is 5.56 Å². The summed E-state index contributed by atoms with van der Waals surface area (Å²) in [5.74, 6) is -2.05. The minimum Gasteiger partial charge on any atom is -0.478 e. The van der Waals surface area contributed by atoms with Gasteiger partial charge in [-0.25, -0.2) is 4.79 Å². The number of amides is 2. The fraction of sp³-hybridized carbons (Fsp3) is 0.316. The second kappa shape index (κ2) is 7.86. The lowest BCUT2D eigenvalue weighted by atomic mass is 10.0. The lowest BCUT2D eigenvalue weighted by molar-refractivity contribution is -0.132. The predicted octanol–water partition coefficient (Wildman–Crippen LogP) is 1.94. The highest BCUT2D eigenvalue weighted by Crippen LogP contribution is 2.14. The lowest BCUT2D eigenvalue weighted by Crippen LogP contribution is -2.48. The molecule has 2 heterocycles. The van der Waals surface area contributed by atoms with Gasteiger partial charge in [-0.15, -0.1) is 0 Å². The van der Waals surface area contributed by atoms with E-state index in [-0.39, 0.29) is 17.2 Å². The normalized spacial score (nSPS) is 14.8. The first-order valence-electron chi connectivity index (χ1n) is 8.50. The molecule has 26 heavy (non-hydrogen) atoms. The number of rotatable bonds is 6. The fourth-order valence-corrected chi connectivity index (χ4v) is 3.00. The Hall–Kier alpha value is -3.09. The number of carbonyl (C=O) groups is 3. The van der Waals surface area contributed by atoms with Crippen LogP contribution in [0.3, 0.4) is 0 Å². The van der Waals surface area contributed by atoms with E-state index in [1.807, 2.05) is 30.3 Å². The van der Waals surface area contributed by atoms with Crippen LogP contribution in [-0.4, -0.2) is 46.9 Å². The standard InChI is InChI=1S/C19H20N2O5/c22-17(16-11-14(12-26-16)19(24)25)20-15(10-13-6-2-1-3-7-13)18(23)21-8-4-5-9-21/h1-3,6-7,11-12,15H,4-5,8-10H2,(H,20,22)(H,24,25). The molecule has 0 bridgehead atoms. The first-order chi connectivity index (χ1) is 12.5. The van der Waals surface area contributed by atoms with Crippen molar-refractivity contribution in [2.75, 3.05) is 13.1 Å². The van der Waals surface area contributed by atoms with Gasteiger partial charge in [-0.2, -0.15) is 0 Å². The molecule has 3 rings (SSSR count). The maximum Gasteiger partial charge on any atom is 0.338 e. The van der Waals surface area contributed by atoms with E-state index in [2.05, 4.69) is 5.32 Å². The number of carbonyl (C=O) groups excluding carboxylic acids is 2. The molecule has 1 aliphatic rings. The monoisotopic (exact) mass is 356 g/mol. The minimum atomic E-state index is -1.18. The van der Waals surface area contributed by atoms with E-state index in [1.54, 1.807) is 4.90 Å². The minimum absolute atomic E-state index is 0.111. The van der Waals surface area contributed by atoms with E-state index in [9.17, 15) is 14.4 Å². The molecular weight excluding hydrogens is 336 g/mol. The Morgan fingerprint density at radius 3 is 2.46 bits per heavy atom. The number of nitrogens with zero attached hydrogens (tertiary/aromatic N) is 1. The van der Waals surface area contributed by atoms with Gasteiger partial charge in [-0.05, 0) is 18.4 Å². The van der Waals surface area contributed by atoms with Crippen molar-refractivity contribution < 1.29 is 23.9 Å². The van der Waals surface area contributed by atoms with E-state index in [0.29, 0.717) is 19.5 Å². The number of benzene rings is 1. The molecule has 1 fully saturated rings. The molecule has 1 atom stereocenters. The first kappa shape index (κ1) is 17.7. The van der Waals surface area contributed by atoms with Crippen molar-refractivity contribution in [2.45, 2.75) is 25.3 Å². The van der Waals surface area contributed by atoms with Crippen LogP contribution in [0.4, 0.5) is 0 Å². The van der Waals surface area contributed by atoms with Gasteiger partial charge < -0.3 is 19.7 Å². The van der Waals surface area contributed by atoms with E-state index < -0.39 is 17.9 Å². The van der Waals surface area contributed by atoms with Crippen molar-refractivity contribution >= 4 is 17.8 Å². The summed E-state index contributed by atoms with van der Waals surface area (Å²) in [5.41, 5.74) is 0.816. The summed E-state index contributed by atoms with van der Waals surface area (Å²) in [4.78, 5) is 37.9. The van der Waals surface area contributed by atoms with Crippen LogP contribution in [0.25, 0.3) is 0 Å². The number of furan rings is 1. The summed E-state index contributed by atoms with van der Waals surface area (Å²) in [6.45, 7) is 1.37. The summed E-state index contributed by atoms with van der Waals surface area (Å²) in [6.07, 6.45) is 3.27. The highest BCUT2D eigenvalue weighted by atomic mass is 16.4. The third kappa shape index (κ3) is 4.11. The molecule has 0 aliphatic carbocycles. The topological polar surface area (TPSA) is 99.8 Å². The van der Waals surface area contributed by atoms with Gasteiger partial charge in [-0.1, -0.05) is 30.3 Å². The lowest BCUT2D eigenvalue weighted by Gasteiger charge is -2.24. The molecule has 1 aliphatic heterocycles. The van der Waals surface area contributed by atoms with Crippen molar-refractivity contribution in [3.8, 4) is 0 Å². The number of carboxylic acids is 1. The van der Waals surface area contributed by atoms with Gasteiger partial charge in [0, 0.05) is 25.6 Å². The summed E-state index contributed by atoms with van der Waals surface area (Å²) < 4.78 is 5.03. The molecular formula is C19H20N2O5. The van der Waals surface area contributed by atoms with Crippen molar-refractivity contribution in [3.63, 3.8) is 0 Å². The highest BCUT2D eigenvalue weighted by Gasteiger charge is 2.29. The average molecular weight is 356 g/mol. The maximum absolute atomic E-state index is 12.8. The van der Waals surface area contributed by atoms with Crippen molar-refractivity contribution in [1.82, 2.24) is 10.2 Å². The molecule has 7 heteroatoms. The zero-order chi connectivity index (χ0) is 18.5. The quantitative estimate of drug-likeness (QED) is 0.824. The van der Waals surface area contributed by atoms with Crippen molar-refractivity contribution in [3.05, 3.63) is 59.5 Å². The van der Waals surface area contributed by atoms with Crippen molar-refractivity contribution in [2.24, 2.45) is 0 Å². The third-order valence-corrected chi connectivity index (χ3v) is 4.37. The van der Waals surface area contributed by atoms with Crippen LogP contribution in [0.2, 0.25) is 0 Å². The van der Waals surface area contributed by atoms with Gasteiger partial charge >= 0.3 is 5.97 Å². The van der Waals surface area contributed by atoms with Crippen molar-refractivity contribution in [1.29, 1.82) is 0 Å². The largest absolute Gasteiger partial charge is 0.478 e. The fourth-order valence-electron chi connectivity index (χ4n) is 3.00. The zero-order valence-electron chi connectivity index (χ0n) is 14.2. The molecule has 1 aromatic heterocycles. The molecule has 2 aromatic rings. The van der Waals surface area contributed by atoms with Crippen LogP contribution in [0.1, 0.15) is 39.3 Å². The average Bonchev–Trinajstić information content (AvgIpc) is 3.33. The number of likely N-dealkylation sites (tertiary alicyclic amines) is 1. The van der Waals surface area contributed by atoms with E-state index in [4.69, 9.17) is 9.52 Å². The molecule has 1 unspecified atom stereocenters. The molecule has 136 valence electrons. The van der Waals surface area contributed by atoms with Gasteiger partial charge in [0.1, 0.15) is 12.3 Å². The molecule has 2 N–H and O–H groups in total. The van der Waals surface area contributed by atoms with Gasteiger partial charge in [0.15, 0.2) is 5.76 Å².